The minimum absolute atomic E-state index is 0.726. The van der Waals surface area contributed by atoms with Crippen molar-refractivity contribution in [2.24, 2.45) is 0 Å². The lowest BCUT2D eigenvalue weighted by Gasteiger charge is -2.09. The second-order valence-corrected chi connectivity index (χ2v) is 5.48. The maximum absolute atomic E-state index is 4.77. The van der Waals surface area contributed by atoms with Crippen molar-refractivity contribution in [3.63, 3.8) is 0 Å². The molecule has 0 unspecified atom stereocenters. The molecule has 0 spiro atoms. The normalized spacial score (nSPS) is 10.5. The highest BCUT2D eigenvalue weighted by Crippen LogP contribution is 2.26. The van der Waals surface area contributed by atoms with Crippen LogP contribution in [0.4, 0.5) is 0 Å². The Morgan fingerprint density at radius 1 is 0.542 bits per heavy atom. The van der Waals surface area contributed by atoms with E-state index in [9.17, 15) is 0 Å². The van der Waals surface area contributed by atoms with Gasteiger partial charge < -0.3 is 0 Å². The van der Waals surface area contributed by atoms with Crippen LogP contribution in [0.5, 0.6) is 0 Å². The second-order valence-electron chi connectivity index (χ2n) is 5.48. The molecule has 113 valence electrons. The molecule has 0 aliphatic carbocycles. The topological polar surface area (TPSA) is 25.8 Å². The molecule has 0 saturated carbocycles. The van der Waals surface area contributed by atoms with E-state index in [1.54, 1.807) is 0 Å². The Hall–Kier alpha value is -3.26. The van der Waals surface area contributed by atoms with E-state index in [-0.39, 0.29) is 0 Å². The smallest absolute Gasteiger partial charge is 0.160 e. The van der Waals surface area contributed by atoms with Crippen molar-refractivity contribution in [2.75, 3.05) is 0 Å². The van der Waals surface area contributed by atoms with Crippen LogP contribution < -0.4 is 0 Å². The Labute approximate surface area is 141 Å². The Morgan fingerprint density at radius 3 is 1.54 bits per heavy atom. The van der Waals surface area contributed by atoms with Gasteiger partial charge in [0.25, 0.3) is 0 Å². The lowest BCUT2D eigenvalue weighted by Crippen LogP contribution is -1.95. The van der Waals surface area contributed by atoms with E-state index >= 15 is 0 Å². The van der Waals surface area contributed by atoms with Crippen molar-refractivity contribution in [3.05, 3.63) is 97.1 Å². The van der Waals surface area contributed by atoms with Gasteiger partial charge in [-0.25, -0.2) is 9.97 Å². The van der Waals surface area contributed by atoms with Crippen molar-refractivity contribution in [3.8, 4) is 33.9 Å². The fourth-order valence-corrected chi connectivity index (χ4v) is 2.63. The summed E-state index contributed by atoms with van der Waals surface area (Å²) in [6, 6.07) is 33.2. The number of rotatable bonds is 3. The fraction of sp³-hybridized carbons (Fsp3) is 0. The third kappa shape index (κ3) is 2.95. The summed E-state index contributed by atoms with van der Waals surface area (Å²) in [5.74, 6) is 0.726. The molecular weight excluding hydrogens is 292 g/mol. The standard InChI is InChI=1S/C22H15N2/c1-4-10-17(11-5-1)20-16-21(18-12-6-2-7-13-18)24-22(23-20)19-14-8-3-9-15-19/h1-2,4-16H. The van der Waals surface area contributed by atoms with Crippen molar-refractivity contribution >= 4 is 0 Å². The third-order valence-corrected chi connectivity index (χ3v) is 3.84. The minimum Gasteiger partial charge on any atom is -0.228 e. The molecule has 4 rings (SSSR count). The van der Waals surface area contributed by atoms with E-state index in [1.165, 1.54) is 0 Å². The number of benzene rings is 3. The first-order valence-corrected chi connectivity index (χ1v) is 7.86. The molecular formula is C22H15N2. The quantitative estimate of drug-likeness (QED) is 0.515. The van der Waals surface area contributed by atoms with Gasteiger partial charge in [0.15, 0.2) is 5.82 Å². The lowest BCUT2D eigenvalue weighted by atomic mass is 10.1. The summed E-state index contributed by atoms with van der Waals surface area (Å²) in [7, 11) is 0. The Balaban J connectivity index is 1.92. The molecule has 2 nitrogen and oxygen atoms in total. The van der Waals surface area contributed by atoms with Crippen molar-refractivity contribution in [1.82, 2.24) is 9.97 Å². The molecule has 0 saturated heterocycles. The van der Waals surface area contributed by atoms with Gasteiger partial charge in [0.05, 0.1) is 11.4 Å². The lowest BCUT2D eigenvalue weighted by molar-refractivity contribution is 1.18. The minimum atomic E-state index is 0.726. The van der Waals surface area contributed by atoms with Crippen LogP contribution in [0.2, 0.25) is 0 Å². The van der Waals surface area contributed by atoms with E-state index in [4.69, 9.17) is 9.97 Å². The van der Waals surface area contributed by atoms with E-state index in [0.29, 0.717) is 0 Å². The molecule has 0 aliphatic rings. The summed E-state index contributed by atoms with van der Waals surface area (Å²) < 4.78 is 0. The van der Waals surface area contributed by atoms with E-state index in [2.05, 4.69) is 30.3 Å². The van der Waals surface area contributed by atoms with Gasteiger partial charge in [-0.2, -0.15) is 0 Å². The highest BCUT2D eigenvalue weighted by molar-refractivity contribution is 5.71. The molecule has 1 heterocycles. The summed E-state index contributed by atoms with van der Waals surface area (Å²) in [5, 5.41) is 0. The molecule has 0 amide bonds. The summed E-state index contributed by atoms with van der Waals surface area (Å²) >= 11 is 0. The van der Waals surface area contributed by atoms with Crippen LogP contribution in [0, 0.1) is 6.07 Å². The third-order valence-electron chi connectivity index (χ3n) is 3.84. The SMILES string of the molecule is [c]1ccc(-c2nc(-c3ccccc3)cc(-c3ccccc3)n2)cc1. The maximum atomic E-state index is 4.77. The molecule has 0 N–H and O–H groups in total. The van der Waals surface area contributed by atoms with Gasteiger partial charge >= 0.3 is 0 Å². The van der Waals surface area contributed by atoms with E-state index < -0.39 is 0 Å². The molecule has 0 atom stereocenters. The predicted molar refractivity (Wildman–Crippen MR) is 97.2 cm³/mol. The summed E-state index contributed by atoms with van der Waals surface area (Å²) in [6.07, 6.45) is 0. The molecule has 0 aliphatic heterocycles. The highest BCUT2D eigenvalue weighted by Gasteiger charge is 2.09. The number of hydrogen-bond acceptors (Lipinski definition) is 2. The Bertz CT molecular complexity index is 794. The van der Waals surface area contributed by atoms with E-state index in [0.717, 1.165) is 33.9 Å². The van der Waals surface area contributed by atoms with Crippen LogP contribution in [-0.4, -0.2) is 9.97 Å². The first-order chi connectivity index (χ1) is 11.9. The van der Waals surface area contributed by atoms with Crippen LogP contribution in [0.25, 0.3) is 33.9 Å². The number of aromatic nitrogens is 2. The van der Waals surface area contributed by atoms with Crippen molar-refractivity contribution in [1.29, 1.82) is 0 Å². The molecule has 2 heteroatoms. The highest BCUT2D eigenvalue weighted by atomic mass is 14.9. The van der Waals surface area contributed by atoms with Crippen LogP contribution in [0.1, 0.15) is 0 Å². The largest absolute Gasteiger partial charge is 0.228 e. The van der Waals surface area contributed by atoms with Gasteiger partial charge in [-0.15, -0.1) is 0 Å². The van der Waals surface area contributed by atoms with Crippen molar-refractivity contribution < 1.29 is 0 Å². The zero-order chi connectivity index (χ0) is 16.2. The molecule has 4 aromatic rings. The fourth-order valence-electron chi connectivity index (χ4n) is 2.63. The van der Waals surface area contributed by atoms with Gasteiger partial charge in [-0.3, -0.25) is 0 Å². The first-order valence-electron chi connectivity index (χ1n) is 7.86. The summed E-state index contributed by atoms with van der Waals surface area (Å²) in [4.78, 5) is 9.55. The molecule has 3 aromatic carbocycles. The van der Waals surface area contributed by atoms with Gasteiger partial charge in [0, 0.05) is 16.7 Å². The number of hydrogen-bond donors (Lipinski definition) is 0. The van der Waals surface area contributed by atoms with Crippen LogP contribution in [-0.2, 0) is 0 Å². The zero-order valence-corrected chi connectivity index (χ0v) is 13.1. The zero-order valence-electron chi connectivity index (χ0n) is 13.1. The molecule has 1 aromatic heterocycles. The monoisotopic (exact) mass is 307 g/mol. The summed E-state index contributed by atoms with van der Waals surface area (Å²) in [6.45, 7) is 0. The van der Waals surface area contributed by atoms with Crippen LogP contribution in [0.3, 0.4) is 0 Å². The molecule has 0 fully saturated rings. The summed E-state index contributed by atoms with van der Waals surface area (Å²) in [5.41, 5.74) is 5.00. The van der Waals surface area contributed by atoms with Gasteiger partial charge in [0.1, 0.15) is 0 Å². The average Bonchev–Trinajstić information content (AvgIpc) is 2.70. The van der Waals surface area contributed by atoms with Gasteiger partial charge in [-0.05, 0) is 12.1 Å². The predicted octanol–water partition coefficient (Wildman–Crippen LogP) is 5.28. The number of nitrogens with zero attached hydrogens (tertiary/aromatic N) is 2. The van der Waals surface area contributed by atoms with Crippen molar-refractivity contribution in [2.45, 2.75) is 0 Å². The first kappa shape index (κ1) is 14.3. The Morgan fingerprint density at radius 2 is 1.04 bits per heavy atom. The van der Waals surface area contributed by atoms with Crippen LogP contribution in [0.15, 0.2) is 91.0 Å². The van der Waals surface area contributed by atoms with Gasteiger partial charge in [-0.1, -0.05) is 84.9 Å². The van der Waals surface area contributed by atoms with Crippen LogP contribution >= 0.6 is 0 Å². The Kier molecular flexibility index (Phi) is 3.86. The molecule has 24 heavy (non-hydrogen) atoms. The van der Waals surface area contributed by atoms with E-state index in [1.807, 2.05) is 66.7 Å². The molecule has 0 bridgehead atoms. The molecule has 1 radical (unpaired) electrons. The average molecular weight is 307 g/mol. The second kappa shape index (κ2) is 6.47. The van der Waals surface area contributed by atoms with Gasteiger partial charge in [0.2, 0.25) is 0 Å². The maximum Gasteiger partial charge on any atom is 0.160 e.